The van der Waals surface area contributed by atoms with Crippen molar-refractivity contribution in [1.82, 2.24) is 19.0 Å². The quantitative estimate of drug-likeness (QED) is 0.209. The van der Waals surface area contributed by atoms with Crippen molar-refractivity contribution < 1.29 is 0 Å². The van der Waals surface area contributed by atoms with E-state index in [4.69, 9.17) is 4.98 Å². The highest BCUT2D eigenvalue weighted by atomic mass is 15.0. The molecule has 7 aromatic rings. The van der Waals surface area contributed by atoms with E-state index in [2.05, 4.69) is 134 Å². The number of benzene rings is 4. The molecule has 0 saturated heterocycles. The average molecular weight is 533 g/mol. The normalized spacial score (nSPS) is 13.6. The zero-order valence-corrected chi connectivity index (χ0v) is 24.5. The SMILES string of the molecule is CC(C)(C)c1cccc2c3cccc(C(C)(C)C)c3n(B3c4ccccc4-n4c5cncnc5c5cccc3c54)c12. The summed E-state index contributed by atoms with van der Waals surface area (Å²) in [6, 6.07) is 29.4. The highest BCUT2D eigenvalue weighted by Gasteiger charge is 2.38. The summed E-state index contributed by atoms with van der Waals surface area (Å²) in [5, 5.41) is 3.81. The van der Waals surface area contributed by atoms with Gasteiger partial charge < -0.3 is 9.05 Å². The molecule has 0 amide bonds. The van der Waals surface area contributed by atoms with Crippen molar-refractivity contribution in [3.8, 4) is 5.69 Å². The Morgan fingerprint density at radius 3 is 1.85 bits per heavy atom. The lowest BCUT2D eigenvalue weighted by Crippen LogP contribution is -2.53. The smallest absolute Gasteiger partial charge is 0.332 e. The van der Waals surface area contributed by atoms with E-state index in [-0.39, 0.29) is 17.7 Å². The van der Waals surface area contributed by atoms with Gasteiger partial charge in [0.05, 0.1) is 22.7 Å². The molecule has 1 aliphatic heterocycles. The molecule has 0 aliphatic carbocycles. The zero-order chi connectivity index (χ0) is 28.3. The lowest BCUT2D eigenvalue weighted by atomic mass is 9.48. The molecule has 0 fully saturated rings. The van der Waals surface area contributed by atoms with E-state index in [0.29, 0.717) is 0 Å². The lowest BCUT2D eigenvalue weighted by molar-refractivity contribution is 0.592. The maximum Gasteiger partial charge on any atom is 0.332 e. The molecular weight excluding hydrogens is 499 g/mol. The van der Waals surface area contributed by atoms with Gasteiger partial charge in [0, 0.05) is 32.9 Å². The van der Waals surface area contributed by atoms with Crippen LogP contribution < -0.4 is 10.9 Å². The first-order chi connectivity index (χ1) is 19.7. The van der Waals surface area contributed by atoms with E-state index >= 15 is 0 Å². The van der Waals surface area contributed by atoms with Crippen LogP contribution in [0.1, 0.15) is 52.7 Å². The fourth-order valence-electron chi connectivity index (χ4n) is 7.28. The summed E-state index contributed by atoms with van der Waals surface area (Å²) in [5.41, 5.74) is 12.4. The molecule has 0 radical (unpaired) electrons. The summed E-state index contributed by atoms with van der Waals surface area (Å²) in [4.78, 5) is 9.20. The van der Waals surface area contributed by atoms with Crippen LogP contribution in [0.5, 0.6) is 0 Å². The van der Waals surface area contributed by atoms with Crippen molar-refractivity contribution >= 4 is 61.5 Å². The van der Waals surface area contributed by atoms with Gasteiger partial charge in [-0.1, -0.05) is 114 Å². The second-order valence-corrected chi connectivity index (χ2v) is 13.6. The monoisotopic (exact) mass is 532 g/mol. The molecule has 8 rings (SSSR count). The molecule has 41 heavy (non-hydrogen) atoms. The van der Waals surface area contributed by atoms with E-state index in [1.54, 1.807) is 6.33 Å². The van der Waals surface area contributed by atoms with Crippen LogP contribution in [0.3, 0.4) is 0 Å². The standard InChI is InChI=1S/C36H33BN4/c1-35(2,3)25-15-9-12-22-23-13-10-16-26(36(4,5)6)33(23)41(32(22)25)37-27-17-7-8-19-29(27)40-30-20-38-21-39-31(30)24-14-11-18-28(37)34(24)40/h7-21H,1-6H3. The van der Waals surface area contributed by atoms with Gasteiger partial charge in [0.1, 0.15) is 6.33 Å². The van der Waals surface area contributed by atoms with Gasteiger partial charge in [0.25, 0.3) is 0 Å². The van der Waals surface area contributed by atoms with Crippen molar-refractivity contribution in [2.45, 2.75) is 52.4 Å². The molecule has 5 heteroatoms. The number of fused-ring (bicyclic) bond motifs is 8. The van der Waals surface area contributed by atoms with Crippen LogP contribution >= 0.6 is 0 Å². The molecule has 0 atom stereocenters. The number of rotatable bonds is 1. The van der Waals surface area contributed by atoms with Crippen LogP contribution in [0.2, 0.25) is 0 Å². The first-order valence-electron chi connectivity index (χ1n) is 14.5. The predicted molar refractivity (Wildman–Crippen MR) is 174 cm³/mol. The van der Waals surface area contributed by atoms with Gasteiger partial charge in [-0.05, 0) is 38.9 Å². The van der Waals surface area contributed by atoms with Crippen LogP contribution in [0.25, 0.3) is 49.4 Å². The molecule has 0 bridgehead atoms. The van der Waals surface area contributed by atoms with Gasteiger partial charge >= 0.3 is 6.85 Å². The second-order valence-electron chi connectivity index (χ2n) is 13.6. The Morgan fingerprint density at radius 2 is 1.20 bits per heavy atom. The van der Waals surface area contributed by atoms with E-state index in [1.165, 1.54) is 60.4 Å². The predicted octanol–water partition coefficient (Wildman–Crippen LogP) is 7.24. The van der Waals surface area contributed by atoms with E-state index < -0.39 is 0 Å². The maximum absolute atomic E-state index is 4.76. The van der Waals surface area contributed by atoms with Gasteiger partial charge in [-0.25, -0.2) is 9.97 Å². The summed E-state index contributed by atoms with van der Waals surface area (Å²) in [7, 11) is 0. The van der Waals surface area contributed by atoms with Crippen molar-refractivity contribution in [1.29, 1.82) is 0 Å². The molecule has 0 saturated carbocycles. The third-order valence-corrected chi connectivity index (χ3v) is 8.96. The fourth-order valence-corrected chi connectivity index (χ4v) is 7.28. The molecular formula is C36H33BN4. The molecule has 4 nitrogen and oxygen atoms in total. The van der Waals surface area contributed by atoms with Crippen LogP contribution in [0.4, 0.5) is 0 Å². The van der Waals surface area contributed by atoms with Crippen molar-refractivity contribution in [3.05, 3.63) is 103 Å². The third-order valence-electron chi connectivity index (χ3n) is 8.96. The Morgan fingerprint density at radius 1 is 0.610 bits per heavy atom. The average Bonchev–Trinajstić information content (AvgIpc) is 3.47. The molecule has 4 aromatic carbocycles. The molecule has 0 spiro atoms. The Hall–Kier alpha value is -4.38. The maximum atomic E-state index is 4.76. The minimum Gasteiger partial charge on any atom is -0.375 e. The Bertz CT molecular complexity index is 2110. The van der Waals surface area contributed by atoms with Gasteiger partial charge in [-0.15, -0.1) is 0 Å². The Labute approximate surface area is 240 Å². The van der Waals surface area contributed by atoms with Gasteiger partial charge in [-0.2, -0.15) is 0 Å². The summed E-state index contributed by atoms with van der Waals surface area (Å²) in [5.74, 6) is 0. The summed E-state index contributed by atoms with van der Waals surface area (Å²) < 4.78 is 5.07. The summed E-state index contributed by atoms with van der Waals surface area (Å²) >= 11 is 0. The Kier molecular flexibility index (Phi) is 4.82. The van der Waals surface area contributed by atoms with Crippen LogP contribution in [-0.2, 0) is 10.8 Å². The first-order valence-corrected chi connectivity index (χ1v) is 14.5. The van der Waals surface area contributed by atoms with Gasteiger partial charge in [-0.3, -0.25) is 0 Å². The fraction of sp³-hybridized carbons (Fsp3) is 0.222. The number of aromatic nitrogens is 4. The highest BCUT2D eigenvalue weighted by Crippen LogP contribution is 2.41. The van der Waals surface area contributed by atoms with E-state index in [1.807, 2.05) is 6.20 Å². The van der Waals surface area contributed by atoms with Crippen LogP contribution in [0.15, 0.2) is 91.4 Å². The molecule has 0 unspecified atom stereocenters. The van der Waals surface area contributed by atoms with Crippen molar-refractivity contribution in [2.75, 3.05) is 0 Å². The molecule has 4 heterocycles. The number of para-hydroxylation sites is 4. The van der Waals surface area contributed by atoms with Crippen LogP contribution in [-0.4, -0.2) is 25.9 Å². The molecule has 0 N–H and O–H groups in total. The number of hydrogen-bond acceptors (Lipinski definition) is 2. The summed E-state index contributed by atoms with van der Waals surface area (Å²) in [6.07, 6.45) is 3.62. The van der Waals surface area contributed by atoms with Gasteiger partial charge in [0.2, 0.25) is 0 Å². The van der Waals surface area contributed by atoms with E-state index in [0.717, 1.165) is 11.0 Å². The molecule has 200 valence electrons. The van der Waals surface area contributed by atoms with Crippen molar-refractivity contribution in [3.63, 3.8) is 0 Å². The lowest BCUT2D eigenvalue weighted by Gasteiger charge is -2.31. The third kappa shape index (κ3) is 3.23. The van der Waals surface area contributed by atoms with Crippen LogP contribution in [0, 0.1) is 0 Å². The van der Waals surface area contributed by atoms with E-state index in [9.17, 15) is 0 Å². The zero-order valence-electron chi connectivity index (χ0n) is 24.5. The Balaban J connectivity index is 1.64. The first kappa shape index (κ1) is 24.4. The second kappa shape index (κ2) is 8.10. The highest BCUT2D eigenvalue weighted by molar-refractivity contribution is 6.88. The number of hydrogen-bond donors (Lipinski definition) is 0. The molecule has 1 aliphatic rings. The summed E-state index contributed by atoms with van der Waals surface area (Å²) in [6.45, 7) is 14.0. The van der Waals surface area contributed by atoms with Gasteiger partial charge in [0.15, 0.2) is 0 Å². The van der Waals surface area contributed by atoms with Crippen molar-refractivity contribution in [2.24, 2.45) is 0 Å². The topological polar surface area (TPSA) is 35.6 Å². The number of nitrogens with zero attached hydrogens (tertiary/aromatic N) is 4. The largest absolute Gasteiger partial charge is 0.375 e. The minimum absolute atomic E-state index is 0.00771. The molecule has 3 aromatic heterocycles. The minimum atomic E-state index is -0.0296.